The normalized spacial score (nSPS) is 19.4. The summed E-state index contributed by atoms with van der Waals surface area (Å²) in [4.78, 5) is 11.6. The van der Waals surface area contributed by atoms with Crippen LogP contribution in [0.3, 0.4) is 0 Å². The van der Waals surface area contributed by atoms with Crippen LogP contribution in [0.4, 0.5) is 4.79 Å². The van der Waals surface area contributed by atoms with Gasteiger partial charge in [0.1, 0.15) is 0 Å². The van der Waals surface area contributed by atoms with Gasteiger partial charge in [-0.15, -0.1) is 0 Å². The van der Waals surface area contributed by atoms with Gasteiger partial charge in [0, 0.05) is 19.7 Å². The molecule has 3 N–H and O–H groups in total. The highest BCUT2D eigenvalue weighted by atomic mass is 16.5. The Morgan fingerprint density at radius 2 is 2.05 bits per heavy atom. The molecule has 2 atom stereocenters. The van der Waals surface area contributed by atoms with Crippen LogP contribution in [0.1, 0.15) is 51.9 Å². The maximum absolute atomic E-state index is 11.6. The highest BCUT2D eigenvalue weighted by molar-refractivity contribution is 5.74. The summed E-state index contributed by atoms with van der Waals surface area (Å²) in [5.41, 5.74) is 0. The number of aliphatic hydroxyl groups excluding tert-OH is 1. The van der Waals surface area contributed by atoms with Crippen LogP contribution in [-0.2, 0) is 4.74 Å². The number of hydrogen-bond acceptors (Lipinski definition) is 3. The summed E-state index contributed by atoms with van der Waals surface area (Å²) in [5.74, 6) is 0.847. The van der Waals surface area contributed by atoms with Gasteiger partial charge in [-0.1, -0.05) is 32.1 Å². The number of amides is 2. The molecule has 20 heavy (non-hydrogen) atoms. The lowest BCUT2D eigenvalue weighted by atomic mass is 9.85. The molecule has 0 bridgehead atoms. The molecule has 0 saturated heterocycles. The number of carbonyl (C=O) groups is 1. The van der Waals surface area contributed by atoms with Crippen molar-refractivity contribution in [3.8, 4) is 0 Å². The van der Waals surface area contributed by atoms with Crippen LogP contribution in [0.2, 0.25) is 0 Å². The second kappa shape index (κ2) is 10.00. The molecular formula is C15H30N2O3. The zero-order valence-electron chi connectivity index (χ0n) is 12.9. The fraction of sp³-hybridized carbons (Fsp3) is 0.933. The summed E-state index contributed by atoms with van der Waals surface area (Å²) in [6.07, 6.45) is 8.39. The molecule has 0 aromatic rings. The van der Waals surface area contributed by atoms with Gasteiger partial charge in [0.25, 0.3) is 0 Å². The molecular weight excluding hydrogens is 256 g/mol. The zero-order chi connectivity index (χ0) is 14.8. The lowest BCUT2D eigenvalue weighted by molar-refractivity contribution is 0.0659. The van der Waals surface area contributed by atoms with E-state index in [1.165, 1.54) is 45.6 Å². The Kier molecular flexibility index (Phi) is 8.62. The summed E-state index contributed by atoms with van der Waals surface area (Å²) < 4.78 is 4.80. The highest BCUT2D eigenvalue weighted by Gasteiger charge is 2.15. The van der Waals surface area contributed by atoms with E-state index in [4.69, 9.17) is 4.74 Å². The number of rotatable bonds is 8. The van der Waals surface area contributed by atoms with E-state index in [-0.39, 0.29) is 25.2 Å². The minimum atomic E-state index is -0.650. The second-order valence-electron chi connectivity index (χ2n) is 5.95. The lowest BCUT2D eigenvalue weighted by Crippen LogP contribution is -2.44. The molecule has 0 spiro atoms. The van der Waals surface area contributed by atoms with Crippen molar-refractivity contribution in [1.82, 2.24) is 10.6 Å². The van der Waals surface area contributed by atoms with E-state index in [0.717, 1.165) is 12.3 Å². The lowest BCUT2D eigenvalue weighted by Gasteiger charge is -2.23. The molecule has 0 aromatic heterocycles. The van der Waals surface area contributed by atoms with Crippen molar-refractivity contribution in [1.29, 1.82) is 0 Å². The maximum Gasteiger partial charge on any atom is 0.315 e. The zero-order valence-corrected chi connectivity index (χ0v) is 12.9. The molecule has 0 aliphatic heterocycles. The largest absolute Gasteiger partial charge is 0.389 e. The average molecular weight is 286 g/mol. The monoisotopic (exact) mass is 286 g/mol. The van der Waals surface area contributed by atoms with Gasteiger partial charge < -0.3 is 20.5 Å². The Morgan fingerprint density at radius 3 is 2.70 bits per heavy atom. The first-order valence-corrected chi connectivity index (χ1v) is 7.83. The first-order valence-electron chi connectivity index (χ1n) is 7.83. The number of methoxy groups -OCH3 is 1. The van der Waals surface area contributed by atoms with Gasteiger partial charge in [0.15, 0.2) is 0 Å². The van der Waals surface area contributed by atoms with Crippen LogP contribution < -0.4 is 10.6 Å². The van der Waals surface area contributed by atoms with Gasteiger partial charge in [-0.3, -0.25) is 0 Å². The Bertz CT molecular complexity index is 268. The van der Waals surface area contributed by atoms with Crippen LogP contribution >= 0.6 is 0 Å². The minimum Gasteiger partial charge on any atom is -0.389 e. The summed E-state index contributed by atoms with van der Waals surface area (Å²) in [5, 5.41) is 15.0. The number of nitrogens with one attached hydrogen (secondary N) is 2. The fourth-order valence-electron chi connectivity index (χ4n) is 2.77. The molecule has 2 amide bonds. The maximum atomic E-state index is 11.6. The van der Waals surface area contributed by atoms with E-state index >= 15 is 0 Å². The van der Waals surface area contributed by atoms with E-state index in [1.54, 1.807) is 0 Å². The average Bonchev–Trinajstić information content (AvgIpc) is 2.44. The molecule has 1 fully saturated rings. The number of urea groups is 1. The molecule has 1 aliphatic rings. The molecule has 1 rings (SSSR count). The van der Waals surface area contributed by atoms with Gasteiger partial charge in [-0.25, -0.2) is 4.79 Å². The van der Waals surface area contributed by atoms with E-state index in [9.17, 15) is 9.90 Å². The second-order valence-corrected chi connectivity index (χ2v) is 5.95. The van der Waals surface area contributed by atoms with Gasteiger partial charge >= 0.3 is 6.03 Å². The van der Waals surface area contributed by atoms with Gasteiger partial charge in [-0.05, 0) is 25.7 Å². The van der Waals surface area contributed by atoms with Crippen molar-refractivity contribution in [2.45, 2.75) is 64.0 Å². The minimum absolute atomic E-state index is 0.177. The number of carbonyl (C=O) groups excluding carboxylic acids is 1. The molecule has 0 radical (unpaired) electrons. The number of aliphatic hydroxyl groups is 1. The highest BCUT2D eigenvalue weighted by Crippen LogP contribution is 2.27. The van der Waals surface area contributed by atoms with Crippen molar-refractivity contribution in [2.75, 3.05) is 20.3 Å². The topological polar surface area (TPSA) is 70.6 Å². The van der Waals surface area contributed by atoms with Crippen LogP contribution in [0.15, 0.2) is 0 Å². The van der Waals surface area contributed by atoms with Crippen LogP contribution in [0.5, 0.6) is 0 Å². The fourth-order valence-corrected chi connectivity index (χ4v) is 2.77. The van der Waals surface area contributed by atoms with Crippen LogP contribution in [0.25, 0.3) is 0 Å². The van der Waals surface area contributed by atoms with Crippen molar-refractivity contribution in [3.05, 3.63) is 0 Å². The third kappa shape index (κ3) is 7.70. The van der Waals surface area contributed by atoms with Crippen molar-refractivity contribution >= 4 is 6.03 Å². The van der Waals surface area contributed by atoms with Gasteiger partial charge in [0.05, 0.1) is 12.7 Å². The third-order valence-corrected chi connectivity index (χ3v) is 3.97. The van der Waals surface area contributed by atoms with Gasteiger partial charge in [0.2, 0.25) is 0 Å². The van der Waals surface area contributed by atoms with Crippen molar-refractivity contribution in [3.63, 3.8) is 0 Å². The predicted octanol–water partition coefficient (Wildman–Crippen LogP) is 2.04. The standard InChI is InChI=1S/C15H30N2O3/c1-12(8-9-13-6-4-3-5-7-13)17-15(19)16-10-14(18)11-20-2/h12-14,18H,3-11H2,1-2H3,(H2,16,17,19). The van der Waals surface area contributed by atoms with Crippen LogP contribution in [-0.4, -0.2) is 43.5 Å². The van der Waals surface area contributed by atoms with E-state index < -0.39 is 6.10 Å². The SMILES string of the molecule is COCC(O)CNC(=O)NC(C)CCC1CCCCC1. The molecule has 5 nitrogen and oxygen atoms in total. The smallest absolute Gasteiger partial charge is 0.315 e. The number of ether oxygens (including phenoxy) is 1. The molecule has 1 saturated carbocycles. The molecule has 2 unspecified atom stereocenters. The van der Waals surface area contributed by atoms with E-state index in [2.05, 4.69) is 10.6 Å². The molecule has 0 heterocycles. The van der Waals surface area contributed by atoms with Crippen molar-refractivity contribution in [2.24, 2.45) is 5.92 Å². The van der Waals surface area contributed by atoms with Crippen molar-refractivity contribution < 1.29 is 14.6 Å². The molecule has 0 aromatic carbocycles. The van der Waals surface area contributed by atoms with E-state index in [1.807, 2.05) is 6.92 Å². The first kappa shape index (κ1) is 17.2. The molecule has 118 valence electrons. The summed E-state index contributed by atoms with van der Waals surface area (Å²) >= 11 is 0. The van der Waals surface area contributed by atoms with Crippen LogP contribution in [0, 0.1) is 5.92 Å². The Balaban J connectivity index is 2.08. The van der Waals surface area contributed by atoms with E-state index in [0.29, 0.717) is 0 Å². The number of hydrogen-bond donors (Lipinski definition) is 3. The third-order valence-electron chi connectivity index (χ3n) is 3.97. The molecule has 1 aliphatic carbocycles. The Labute approximate surface area is 122 Å². The Morgan fingerprint density at radius 1 is 1.35 bits per heavy atom. The Hall–Kier alpha value is -0.810. The summed E-state index contributed by atoms with van der Waals surface area (Å²) in [6.45, 7) is 2.49. The predicted molar refractivity (Wildman–Crippen MR) is 79.7 cm³/mol. The quantitative estimate of drug-likeness (QED) is 0.639. The summed E-state index contributed by atoms with van der Waals surface area (Å²) in [6, 6.07) is -0.0345. The molecule has 5 heteroatoms. The summed E-state index contributed by atoms with van der Waals surface area (Å²) in [7, 11) is 1.52. The first-order chi connectivity index (χ1) is 9.61. The van der Waals surface area contributed by atoms with Gasteiger partial charge in [-0.2, -0.15) is 0 Å².